The molecule has 0 aliphatic carbocycles. The molecule has 1 N–H and O–H groups in total. The van der Waals surface area contributed by atoms with E-state index in [1.54, 1.807) is 13.3 Å². The van der Waals surface area contributed by atoms with Crippen LogP contribution in [0.3, 0.4) is 0 Å². The third kappa shape index (κ3) is 1.69. The van der Waals surface area contributed by atoms with Crippen molar-refractivity contribution in [1.82, 2.24) is 10.3 Å². The molecule has 0 bridgehead atoms. The van der Waals surface area contributed by atoms with Crippen LogP contribution in [0.15, 0.2) is 18.3 Å². The van der Waals surface area contributed by atoms with Crippen molar-refractivity contribution in [2.75, 3.05) is 13.7 Å². The Labute approximate surface area is 82.3 Å². The van der Waals surface area contributed by atoms with Crippen LogP contribution in [0.25, 0.3) is 0 Å². The predicted molar refractivity (Wildman–Crippen MR) is 51.2 cm³/mol. The van der Waals surface area contributed by atoms with Gasteiger partial charge in [-0.2, -0.15) is 0 Å². The topological polar surface area (TPSA) is 51.2 Å². The Balaban J connectivity index is 2.13. The van der Waals surface area contributed by atoms with Crippen molar-refractivity contribution in [2.45, 2.75) is 12.3 Å². The predicted octanol–water partition coefficient (Wildman–Crippen LogP) is 0.694. The maximum atomic E-state index is 11.0. The van der Waals surface area contributed by atoms with Gasteiger partial charge in [-0.25, -0.2) is 4.98 Å². The van der Waals surface area contributed by atoms with Gasteiger partial charge in [-0.3, -0.25) is 4.79 Å². The first kappa shape index (κ1) is 8.99. The molecule has 2 rings (SSSR count). The number of nitrogens with one attached hydrogen (secondary N) is 1. The molecule has 14 heavy (non-hydrogen) atoms. The number of carbonyl (C=O) groups is 1. The van der Waals surface area contributed by atoms with Crippen LogP contribution < -0.4 is 10.1 Å². The SMILES string of the molecule is COc1ccc(C2CNC(=O)C2)cn1. The minimum Gasteiger partial charge on any atom is -0.481 e. The van der Waals surface area contributed by atoms with Crippen LogP contribution in [0.2, 0.25) is 0 Å². The molecule has 0 radical (unpaired) electrons. The van der Waals surface area contributed by atoms with Crippen molar-refractivity contribution in [1.29, 1.82) is 0 Å². The number of aromatic nitrogens is 1. The van der Waals surface area contributed by atoms with Crippen molar-refractivity contribution in [3.05, 3.63) is 23.9 Å². The zero-order valence-corrected chi connectivity index (χ0v) is 7.99. The number of hydrogen-bond donors (Lipinski definition) is 1. The summed E-state index contributed by atoms with van der Waals surface area (Å²) in [5, 5.41) is 2.80. The Morgan fingerprint density at radius 3 is 2.93 bits per heavy atom. The van der Waals surface area contributed by atoms with Gasteiger partial charge in [-0.05, 0) is 5.56 Å². The average Bonchev–Trinajstić information content (AvgIpc) is 2.65. The van der Waals surface area contributed by atoms with E-state index in [0.29, 0.717) is 18.8 Å². The highest BCUT2D eigenvalue weighted by Gasteiger charge is 2.22. The Hall–Kier alpha value is -1.58. The van der Waals surface area contributed by atoms with Gasteiger partial charge in [-0.1, -0.05) is 6.07 Å². The molecule has 1 aliphatic rings. The molecule has 1 aliphatic heterocycles. The lowest BCUT2D eigenvalue weighted by atomic mass is 10.0. The Morgan fingerprint density at radius 1 is 1.57 bits per heavy atom. The van der Waals surface area contributed by atoms with E-state index >= 15 is 0 Å². The van der Waals surface area contributed by atoms with Gasteiger partial charge in [0.1, 0.15) is 0 Å². The highest BCUT2D eigenvalue weighted by atomic mass is 16.5. The highest BCUT2D eigenvalue weighted by Crippen LogP contribution is 2.23. The van der Waals surface area contributed by atoms with Crippen molar-refractivity contribution in [3.63, 3.8) is 0 Å². The molecule has 1 aromatic heterocycles. The molecule has 4 nitrogen and oxygen atoms in total. The fourth-order valence-corrected chi connectivity index (χ4v) is 1.59. The fourth-order valence-electron chi connectivity index (χ4n) is 1.59. The Bertz CT molecular complexity index is 334. The number of amides is 1. The summed E-state index contributed by atoms with van der Waals surface area (Å²) in [7, 11) is 1.59. The van der Waals surface area contributed by atoms with E-state index in [-0.39, 0.29) is 11.8 Å². The summed E-state index contributed by atoms with van der Waals surface area (Å²) >= 11 is 0. The van der Waals surface area contributed by atoms with Crippen LogP contribution in [-0.2, 0) is 4.79 Å². The van der Waals surface area contributed by atoms with Crippen LogP contribution >= 0.6 is 0 Å². The number of nitrogens with zero attached hydrogens (tertiary/aromatic N) is 1. The van der Waals surface area contributed by atoms with Crippen molar-refractivity contribution < 1.29 is 9.53 Å². The third-order valence-corrected chi connectivity index (χ3v) is 2.42. The van der Waals surface area contributed by atoms with Crippen LogP contribution in [0.1, 0.15) is 17.9 Å². The van der Waals surface area contributed by atoms with Crippen molar-refractivity contribution in [2.24, 2.45) is 0 Å². The summed E-state index contributed by atoms with van der Waals surface area (Å²) in [5.41, 5.74) is 1.09. The van der Waals surface area contributed by atoms with E-state index < -0.39 is 0 Å². The van der Waals surface area contributed by atoms with Gasteiger partial charge in [0, 0.05) is 31.1 Å². The number of pyridine rings is 1. The third-order valence-electron chi connectivity index (χ3n) is 2.42. The standard InChI is InChI=1S/C10H12N2O2/c1-14-10-3-2-7(5-12-10)8-4-9(13)11-6-8/h2-3,5,8H,4,6H2,1H3,(H,11,13). The van der Waals surface area contributed by atoms with E-state index in [4.69, 9.17) is 4.74 Å². The summed E-state index contributed by atoms with van der Waals surface area (Å²) in [6.07, 6.45) is 2.33. The Kier molecular flexibility index (Phi) is 2.35. The fraction of sp³-hybridized carbons (Fsp3) is 0.400. The number of rotatable bonds is 2. The monoisotopic (exact) mass is 192 g/mol. The first-order valence-electron chi connectivity index (χ1n) is 4.56. The number of ether oxygens (including phenoxy) is 1. The molecule has 1 amide bonds. The van der Waals surface area contributed by atoms with E-state index in [1.165, 1.54) is 0 Å². The molecule has 1 atom stereocenters. The normalized spacial score (nSPS) is 20.6. The maximum Gasteiger partial charge on any atom is 0.220 e. The lowest BCUT2D eigenvalue weighted by Crippen LogP contribution is -2.13. The summed E-state index contributed by atoms with van der Waals surface area (Å²) in [4.78, 5) is 15.1. The number of methoxy groups -OCH3 is 1. The second-order valence-corrected chi connectivity index (χ2v) is 3.34. The van der Waals surface area contributed by atoms with Gasteiger partial charge in [0.25, 0.3) is 0 Å². The van der Waals surface area contributed by atoms with Gasteiger partial charge in [0.2, 0.25) is 11.8 Å². The maximum absolute atomic E-state index is 11.0. The minimum atomic E-state index is 0.116. The first-order valence-corrected chi connectivity index (χ1v) is 4.56. The number of hydrogen-bond acceptors (Lipinski definition) is 3. The van der Waals surface area contributed by atoms with Crippen LogP contribution in [0, 0.1) is 0 Å². The molecule has 0 saturated carbocycles. The molecule has 0 spiro atoms. The molecule has 4 heteroatoms. The molecule has 1 aromatic rings. The van der Waals surface area contributed by atoms with Crippen LogP contribution in [0.4, 0.5) is 0 Å². The minimum absolute atomic E-state index is 0.116. The van der Waals surface area contributed by atoms with Crippen molar-refractivity contribution >= 4 is 5.91 Å². The summed E-state index contributed by atoms with van der Waals surface area (Å²) in [5.74, 6) is 0.984. The molecular weight excluding hydrogens is 180 g/mol. The Morgan fingerprint density at radius 2 is 2.43 bits per heavy atom. The first-order chi connectivity index (χ1) is 6.79. The van der Waals surface area contributed by atoms with Crippen LogP contribution in [0.5, 0.6) is 5.88 Å². The molecule has 1 fully saturated rings. The van der Waals surface area contributed by atoms with Crippen molar-refractivity contribution in [3.8, 4) is 5.88 Å². The van der Waals surface area contributed by atoms with Gasteiger partial charge < -0.3 is 10.1 Å². The number of carbonyl (C=O) groups excluding carboxylic acids is 1. The molecule has 74 valence electrons. The largest absolute Gasteiger partial charge is 0.481 e. The second-order valence-electron chi connectivity index (χ2n) is 3.34. The molecule has 1 unspecified atom stereocenters. The molecule has 1 saturated heterocycles. The van der Waals surface area contributed by atoms with Crippen LogP contribution in [-0.4, -0.2) is 24.5 Å². The quantitative estimate of drug-likeness (QED) is 0.750. The molecular formula is C10H12N2O2. The molecule has 0 aromatic carbocycles. The highest BCUT2D eigenvalue weighted by molar-refractivity contribution is 5.79. The molecule has 2 heterocycles. The summed E-state index contributed by atoms with van der Waals surface area (Å²) < 4.78 is 4.96. The van der Waals surface area contributed by atoms with E-state index in [0.717, 1.165) is 5.56 Å². The smallest absolute Gasteiger partial charge is 0.220 e. The summed E-state index contributed by atoms with van der Waals surface area (Å²) in [6.45, 7) is 0.715. The summed E-state index contributed by atoms with van der Waals surface area (Å²) in [6, 6.07) is 3.77. The van der Waals surface area contributed by atoms with Gasteiger partial charge in [0.15, 0.2) is 0 Å². The van der Waals surface area contributed by atoms with E-state index in [2.05, 4.69) is 10.3 Å². The average molecular weight is 192 g/mol. The zero-order valence-electron chi connectivity index (χ0n) is 7.99. The van der Waals surface area contributed by atoms with E-state index in [9.17, 15) is 4.79 Å². The van der Waals surface area contributed by atoms with Gasteiger partial charge in [0.05, 0.1) is 7.11 Å². The van der Waals surface area contributed by atoms with E-state index in [1.807, 2.05) is 12.1 Å². The zero-order chi connectivity index (χ0) is 9.97. The lowest BCUT2D eigenvalue weighted by molar-refractivity contribution is -0.119. The second kappa shape index (κ2) is 3.65. The van der Waals surface area contributed by atoms with Gasteiger partial charge in [-0.15, -0.1) is 0 Å². The lowest BCUT2D eigenvalue weighted by Gasteiger charge is -2.07. The van der Waals surface area contributed by atoms with Gasteiger partial charge >= 0.3 is 0 Å².